The number of ketones is 2. The molecule has 2 fully saturated rings. The van der Waals surface area contributed by atoms with Crippen molar-refractivity contribution in [3.63, 3.8) is 0 Å². The van der Waals surface area contributed by atoms with Gasteiger partial charge in [0.05, 0.1) is 19.8 Å². The predicted molar refractivity (Wildman–Crippen MR) is 148 cm³/mol. The number of ether oxygens (including phenoxy) is 1. The van der Waals surface area contributed by atoms with Gasteiger partial charge in [-0.05, 0) is 62.0 Å². The molecule has 0 radical (unpaired) electrons. The first-order valence-corrected chi connectivity index (χ1v) is 14.5. The third kappa shape index (κ3) is 4.75. The van der Waals surface area contributed by atoms with E-state index in [4.69, 9.17) is 4.74 Å². The normalized spacial score (nSPS) is 22.9. The molecule has 200 valence electrons. The highest BCUT2D eigenvalue weighted by atomic mass is 32.2. The molecule has 1 saturated heterocycles. The number of likely N-dealkylation sites (tertiary alicyclic amines) is 1. The van der Waals surface area contributed by atoms with Crippen LogP contribution >= 0.6 is 11.8 Å². The summed E-state index contributed by atoms with van der Waals surface area (Å²) in [5.41, 5.74) is 7.39. The number of hydrogen-bond donors (Lipinski definition) is 0. The van der Waals surface area contributed by atoms with Gasteiger partial charge in [-0.25, -0.2) is 0 Å². The van der Waals surface area contributed by atoms with E-state index < -0.39 is 0 Å². The van der Waals surface area contributed by atoms with Crippen molar-refractivity contribution in [2.45, 2.75) is 58.6 Å². The third-order valence-electron chi connectivity index (χ3n) is 8.81. The summed E-state index contributed by atoms with van der Waals surface area (Å²) >= 11 is 1.78. The van der Waals surface area contributed by atoms with E-state index in [2.05, 4.69) is 33.8 Å². The molecule has 7 heteroatoms. The predicted octanol–water partition coefficient (Wildman–Crippen LogP) is 5.40. The quantitative estimate of drug-likeness (QED) is 0.228. The first-order valence-electron chi connectivity index (χ1n) is 13.5. The number of Topliss-reactive ketones (excluding diaryl/α,β-unsaturated/α-hetero) is 2. The lowest BCUT2D eigenvalue weighted by molar-refractivity contribution is -0.137. The van der Waals surface area contributed by atoms with Crippen molar-refractivity contribution in [3.8, 4) is 0 Å². The molecule has 0 N–H and O–H groups in total. The number of carbonyl (C=O) groups is 4. The zero-order chi connectivity index (χ0) is 27.2. The Morgan fingerprint density at radius 2 is 1.76 bits per heavy atom. The fourth-order valence-corrected chi connectivity index (χ4v) is 6.99. The monoisotopic (exact) mass is 533 g/mol. The van der Waals surface area contributed by atoms with Crippen molar-refractivity contribution in [1.82, 2.24) is 4.90 Å². The standard InChI is InChI=1S/C31H35NO5S/c1-18-15-24-29(19(2)31(11-12-31)20(3)30(24)36)25(18)17-37-13-14-38-21(4)22-5-7-23(8-6-22)26(33)16-32-27(34)9-10-28(32)35/h5-8,15,20-21H,9-14,16-17H2,1-4H3/t20-,21?/m1/s1. The van der Waals surface area contributed by atoms with Crippen LogP contribution in [0.1, 0.15) is 74.5 Å². The Bertz CT molecular complexity index is 1280. The first-order chi connectivity index (χ1) is 18.1. The Kier molecular flexibility index (Phi) is 7.35. The van der Waals surface area contributed by atoms with Crippen molar-refractivity contribution in [3.05, 3.63) is 69.3 Å². The lowest BCUT2D eigenvalue weighted by atomic mass is 9.70. The van der Waals surface area contributed by atoms with Crippen LogP contribution in [-0.2, 0) is 19.1 Å². The number of benzene rings is 1. The highest BCUT2D eigenvalue weighted by molar-refractivity contribution is 7.99. The second kappa shape index (κ2) is 10.4. The molecule has 1 aliphatic heterocycles. The maximum Gasteiger partial charge on any atom is 0.230 e. The van der Waals surface area contributed by atoms with E-state index in [-0.39, 0.29) is 59.4 Å². The minimum atomic E-state index is -0.274. The highest BCUT2D eigenvalue weighted by Gasteiger charge is 2.56. The Morgan fingerprint density at radius 3 is 2.39 bits per heavy atom. The Balaban J connectivity index is 1.10. The number of imide groups is 1. The number of nitrogens with zero attached hydrogens (tertiary/aromatic N) is 1. The van der Waals surface area contributed by atoms with Crippen LogP contribution in [0.2, 0.25) is 0 Å². The van der Waals surface area contributed by atoms with Crippen molar-refractivity contribution in [2.75, 3.05) is 25.5 Å². The summed E-state index contributed by atoms with van der Waals surface area (Å²) in [7, 11) is 0. The Morgan fingerprint density at radius 1 is 1.11 bits per heavy atom. The van der Waals surface area contributed by atoms with Gasteiger partial charge in [0, 0.05) is 46.3 Å². The second-order valence-corrected chi connectivity index (χ2v) is 12.4. The minimum Gasteiger partial charge on any atom is -0.376 e. The highest BCUT2D eigenvalue weighted by Crippen LogP contribution is 2.63. The fourth-order valence-electron chi connectivity index (χ4n) is 6.07. The van der Waals surface area contributed by atoms with Gasteiger partial charge in [-0.1, -0.05) is 36.8 Å². The molecule has 1 unspecified atom stereocenters. The van der Waals surface area contributed by atoms with E-state index in [9.17, 15) is 19.2 Å². The third-order valence-corrected chi connectivity index (χ3v) is 9.98. The SMILES string of the molecule is CC1=C(COCCSC(C)c2ccc(C(=O)CN3C(=O)CCC3=O)cc2)C2=C(C)C3(CC3)[C@H](C)C(=O)C2=C1. The zero-order valence-corrected chi connectivity index (χ0v) is 23.4. The molecule has 1 aromatic rings. The maximum absolute atomic E-state index is 13.0. The molecule has 38 heavy (non-hydrogen) atoms. The molecule has 2 amide bonds. The molecule has 1 heterocycles. The maximum atomic E-state index is 13.0. The van der Waals surface area contributed by atoms with Gasteiger partial charge in [0.15, 0.2) is 11.6 Å². The lowest BCUT2D eigenvalue weighted by Gasteiger charge is -2.32. The van der Waals surface area contributed by atoms with E-state index in [0.717, 1.165) is 45.8 Å². The number of rotatable bonds is 10. The van der Waals surface area contributed by atoms with Gasteiger partial charge >= 0.3 is 0 Å². The molecule has 1 aromatic carbocycles. The van der Waals surface area contributed by atoms with Gasteiger partial charge < -0.3 is 4.74 Å². The number of carbonyl (C=O) groups excluding carboxylic acids is 4. The fraction of sp³-hybridized carbons (Fsp3) is 0.484. The van der Waals surface area contributed by atoms with E-state index in [1.807, 2.05) is 12.1 Å². The number of fused-ring (bicyclic) bond motifs is 1. The zero-order valence-electron chi connectivity index (χ0n) is 22.6. The van der Waals surface area contributed by atoms with Crippen LogP contribution < -0.4 is 0 Å². The Hall–Kier alpha value is -2.77. The average molecular weight is 534 g/mol. The van der Waals surface area contributed by atoms with Crippen molar-refractivity contribution < 1.29 is 23.9 Å². The van der Waals surface area contributed by atoms with Gasteiger partial charge in [0.2, 0.25) is 11.8 Å². The van der Waals surface area contributed by atoms with E-state index in [1.165, 1.54) is 11.1 Å². The molecule has 1 saturated carbocycles. The number of hydrogen-bond acceptors (Lipinski definition) is 6. The van der Waals surface area contributed by atoms with E-state index >= 15 is 0 Å². The summed E-state index contributed by atoms with van der Waals surface area (Å²) in [5.74, 6) is 0.412. The molecule has 3 aliphatic carbocycles. The van der Waals surface area contributed by atoms with Crippen LogP contribution in [0, 0.1) is 11.3 Å². The molecular formula is C31H35NO5S. The molecule has 5 rings (SSSR count). The second-order valence-electron chi connectivity index (χ2n) is 10.9. The van der Waals surface area contributed by atoms with Crippen molar-refractivity contribution >= 4 is 35.1 Å². The van der Waals surface area contributed by atoms with Gasteiger partial charge in [-0.2, -0.15) is 11.8 Å². The van der Waals surface area contributed by atoms with Crippen molar-refractivity contribution in [2.24, 2.45) is 11.3 Å². The largest absolute Gasteiger partial charge is 0.376 e. The smallest absolute Gasteiger partial charge is 0.230 e. The van der Waals surface area contributed by atoms with Gasteiger partial charge in [0.1, 0.15) is 0 Å². The number of thioether (sulfide) groups is 1. The summed E-state index contributed by atoms with van der Waals surface area (Å²) in [6.07, 6.45) is 4.65. The van der Waals surface area contributed by atoms with Crippen LogP contribution in [0.4, 0.5) is 0 Å². The number of allylic oxidation sites excluding steroid dienone is 4. The molecule has 0 bridgehead atoms. The topological polar surface area (TPSA) is 80.8 Å². The van der Waals surface area contributed by atoms with E-state index in [0.29, 0.717) is 18.8 Å². The summed E-state index contributed by atoms with van der Waals surface area (Å²) in [6, 6.07) is 7.41. The van der Waals surface area contributed by atoms with Gasteiger partial charge in [0.25, 0.3) is 0 Å². The Labute approximate surface area is 228 Å². The summed E-state index contributed by atoms with van der Waals surface area (Å²) in [4.78, 5) is 50.2. The first kappa shape index (κ1) is 26.8. The van der Waals surface area contributed by atoms with Crippen LogP contribution in [-0.4, -0.2) is 53.8 Å². The van der Waals surface area contributed by atoms with Gasteiger partial charge in [-0.3, -0.25) is 24.1 Å². The summed E-state index contributed by atoms with van der Waals surface area (Å²) in [6.45, 7) is 9.44. The molecular weight excluding hydrogens is 498 g/mol. The van der Waals surface area contributed by atoms with Crippen LogP contribution in [0.15, 0.2) is 58.2 Å². The molecule has 2 atom stereocenters. The molecule has 0 aromatic heterocycles. The van der Waals surface area contributed by atoms with Crippen LogP contribution in [0.5, 0.6) is 0 Å². The summed E-state index contributed by atoms with van der Waals surface area (Å²) in [5, 5.41) is 0.224. The molecule has 6 nitrogen and oxygen atoms in total. The van der Waals surface area contributed by atoms with Crippen LogP contribution in [0.3, 0.4) is 0 Å². The molecule has 1 spiro atoms. The average Bonchev–Trinajstić information content (AvgIpc) is 3.57. The molecule has 4 aliphatic rings. The minimum absolute atomic E-state index is 0.0775. The lowest BCUT2D eigenvalue weighted by Crippen LogP contribution is -2.34. The van der Waals surface area contributed by atoms with Crippen molar-refractivity contribution in [1.29, 1.82) is 0 Å². The summed E-state index contributed by atoms with van der Waals surface area (Å²) < 4.78 is 6.09. The number of amides is 2. The van der Waals surface area contributed by atoms with Crippen LogP contribution in [0.25, 0.3) is 0 Å². The van der Waals surface area contributed by atoms with E-state index in [1.54, 1.807) is 23.9 Å². The van der Waals surface area contributed by atoms with Gasteiger partial charge in [-0.15, -0.1) is 0 Å².